The quantitative estimate of drug-likeness (QED) is 0.806. The largest absolute Gasteiger partial charge is 0.315 e. The average Bonchev–Trinajstić information content (AvgIpc) is 2.71. The Morgan fingerprint density at radius 1 is 1.18 bits per heavy atom. The summed E-state index contributed by atoms with van der Waals surface area (Å²) in [4.78, 5) is 5.18. The standard InChI is InChI=1S/C14H29N3/c1-12-8-9-15-10-14(11-16(2)3)17(12)13-6-4-5-7-13/h12-15H,4-11H2,1-3H3. The van der Waals surface area contributed by atoms with Crippen LogP contribution in [0.4, 0.5) is 0 Å². The van der Waals surface area contributed by atoms with Crippen molar-refractivity contribution in [2.45, 2.75) is 57.2 Å². The van der Waals surface area contributed by atoms with Gasteiger partial charge < -0.3 is 10.2 Å². The Kier molecular flexibility index (Phi) is 4.83. The molecule has 0 amide bonds. The molecule has 2 unspecified atom stereocenters. The summed E-state index contributed by atoms with van der Waals surface area (Å²) in [6.45, 7) is 5.97. The fourth-order valence-electron chi connectivity index (χ4n) is 3.63. The van der Waals surface area contributed by atoms with E-state index in [2.05, 4.69) is 36.1 Å². The Morgan fingerprint density at radius 3 is 2.53 bits per heavy atom. The topological polar surface area (TPSA) is 18.5 Å². The molecule has 0 aromatic rings. The summed E-state index contributed by atoms with van der Waals surface area (Å²) >= 11 is 0. The molecule has 1 N–H and O–H groups in total. The molecule has 2 aliphatic rings. The van der Waals surface area contributed by atoms with Crippen LogP contribution in [0.2, 0.25) is 0 Å². The molecular formula is C14H29N3. The van der Waals surface area contributed by atoms with E-state index in [4.69, 9.17) is 0 Å². The van der Waals surface area contributed by atoms with E-state index >= 15 is 0 Å². The minimum atomic E-state index is 0.700. The number of rotatable bonds is 3. The van der Waals surface area contributed by atoms with Gasteiger partial charge >= 0.3 is 0 Å². The Bertz CT molecular complexity index is 224. The summed E-state index contributed by atoms with van der Waals surface area (Å²) in [6.07, 6.45) is 7.04. The molecule has 0 bridgehead atoms. The van der Waals surface area contributed by atoms with Gasteiger partial charge in [-0.1, -0.05) is 12.8 Å². The van der Waals surface area contributed by atoms with E-state index in [9.17, 15) is 0 Å². The lowest BCUT2D eigenvalue weighted by Crippen LogP contribution is -2.52. The smallest absolute Gasteiger partial charge is 0.0353 e. The summed E-state index contributed by atoms with van der Waals surface area (Å²) < 4.78 is 0. The molecule has 0 aromatic heterocycles. The number of likely N-dealkylation sites (N-methyl/N-ethyl adjacent to an activating group) is 1. The fourth-order valence-corrected chi connectivity index (χ4v) is 3.63. The average molecular weight is 239 g/mol. The molecule has 3 nitrogen and oxygen atoms in total. The van der Waals surface area contributed by atoms with Gasteiger partial charge in [0.25, 0.3) is 0 Å². The molecule has 2 fully saturated rings. The lowest BCUT2D eigenvalue weighted by atomic mass is 10.1. The molecule has 3 heteroatoms. The van der Waals surface area contributed by atoms with Gasteiger partial charge in [-0.05, 0) is 46.8 Å². The first-order chi connectivity index (χ1) is 8.18. The van der Waals surface area contributed by atoms with Gasteiger partial charge in [-0.3, -0.25) is 4.90 Å². The van der Waals surface area contributed by atoms with E-state index < -0.39 is 0 Å². The van der Waals surface area contributed by atoms with Crippen molar-refractivity contribution in [2.24, 2.45) is 0 Å². The molecule has 2 atom stereocenters. The van der Waals surface area contributed by atoms with E-state index in [1.807, 2.05) is 0 Å². The molecule has 2 rings (SSSR count). The molecule has 1 saturated carbocycles. The number of nitrogens with zero attached hydrogens (tertiary/aromatic N) is 2. The first kappa shape index (κ1) is 13.3. The van der Waals surface area contributed by atoms with Crippen LogP contribution in [0.15, 0.2) is 0 Å². The predicted molar refractivity (Wildman–Crippen MR) is 73.4 cm³/mol. The maximum Gasteiger partial charge on any atom is 0.0353 e. The molecule has 1 saturated heterocycles. The molecular weight excluding hydrogens is 210 g/mol. The SMILES string of the molecule is CC1CCNCC(CN(C)C)N1C1CCCC1. The second-order valence-electron chi connectivity index (χ2n) is 6.14. The maximum atomic E-state index is 3.62. The van der Waals surface area contributed by atoms with Crippen molar-refractivity contribution >= 4 is 0 Å². The van der Waals surface area contributed by atoms with Crippen LogP contribution >= 0.6 is 0 Å². The van der Waals surface area contributed by atoms with Gasteiger partial charge in [0, 0.05) is 31.2 Å². The number of hydrogen-bond donors (Lipinski definition) is 1. The molecule has 1 aliphatic carbocycles. The first-order valence-electron chi connectivity index (χ1n) is 7.31. The Morgan fingerprint density at radius 2 is 1.88 bits per heavy atom. The van der Waals surface area contributed by atoms with Crippen LogP contribution in [0.1, 0.15) is 39.0 Å². The molecule has 17 heavy (non-hydrogen) atoms. The third-order valence-electron chi connectivity index (χ3n) is 4.37. The second kappa shape index (κ2) is 6.17. The van der Waals surface area contributed by atoms with Crippen molar-refractivity contribution in [1.82, 2.24) is 15.1 Å². The minimum absolute atomic E-state index is 0.700. The second-order valence-corrected chi connectivity index (χ2v) is 6.14. The molecule has 0 aromatic carbocycles. The molecule has 1 aliphatic heterocycles. The van der Waals surface area contributed by atoms with Crippen molar-refractivity contribution in [3.05, 3.63) is 0 Å². The van der Waals surface area contributed by atoms with Crippen LogP contribution in [0.25, 0.3) is 0 Å². The Hall–Kier alpha value is -0.120. The first-order valence-corrected chi connectivity index (χ1v) is 7.31. The number of nitrogens with one attached hydrogen (secondary N) is 1. The minimum Gasteiger partial charge on any atom is -0.315 e. The van der Waals surface area contributed by atoms with E-state index in [1.165, 1.54) is 51.7 Å². The molecule has 100 valence electrons. The highest BCUT2D eigenvalue weighted by Gasteiger charge is 2.33. The van der Waals surface area contributed by atoms with Crippen molar-refractivity contribution < 1.29 is 0 Å². The zero-order valence-electron chi connectivity index (χ0n) is 11.8. The summed E-state index contributed by atoms with van der Waals surface area (Å²) in [7, 11) is 4.39. The molecule has 0 spiro atoms. The van der Waals surface area contributed by atoms with Gasteiger partial charge in [0.2, 0.25) is 0 Å². The third-order valence-corrected chi connectivity index (χ3v) is 4.37. The molecule has 1 heterocycles. The highest BCUT2D eigenvalue weighted by Crippen LogP contribution is 2.28. The number of hydrogen-bond acceptors (Lipinski definition) is 3. The van der Waals surface area contributed by atoms with Crippen molar-refractivity contribution in [3.8, 4) is 0 Å². The van der Waals surface area contributed by atoms with Crippen molar-refractivity contribution in [3.63, 3.8) is 0 Å². The normalized spacial score (nSPS) is 33.2. The summed E-state index contributed by atoms with van der Waals surface area (Å²) in [6, 6.07) is 2.30. The van der Waals surface area contributed by atoms with Crippen LogP contribution in [0.5, 0.6) is 0 Å². The van der Waals surface area contributed by atoms with Crippen LogP contribution in [0, 0.1) is 0 Å². The predicted octanol–water partition coefficient (Wildman–Crippen LogP) is 1.54. The van der Waals surface area contributed by atoms with Crippen LogP contribution in [0.3, 0.4) is 0 Å². The highest BCUT2D eigenvalue weighted by molar-refractivity contribution is 4.90. The van der Waals surface area contributed by atoms with E-state index in [-0.39, 0.29) is 0 Å². The van der Waals surface area contributed by atoms with E-state index in [1.54, 1.807) is 0 Å². The van der Waals surface area contributed by atoms with Gasteiger partial charge in [0.15, 0.2) is 0 Å². The Labute approximate surface area is 107 Å². The van der Waals surface area contributed by atoms with Gasteiger partial charge in [0.05, 0.1) is 0 Å². The Balaban J connectivity index is 2.06. The maximum absolute atomic E-state index is 3.62. The van der Waals surface area contributed by atoms with Crippen molar-refractivity contribution in [1.29, 1.82) is 0 Å². The van der Waals surface area contributed by atoms with E-state index in [0.717, 1.165) is 12.1 Å². The lowest BCUT2D eigenvalue weighted by Gasteiger charge is -2.40. The third kappa shape index (κ3) is 3.43. The van der Waals surface area contributed by atoms with Crippen LogP contribution in [-0.2, 0) is 0 Å². The highest BCUT2D eigenvalue weighted by atomic mass is 15.3. The zero-order chi connectivity index (χ0) is 12.3. The van der Waals surface area contributed by atoms with Gasteiger partial charge in [-0.2, -0.15) is 0 Å². The fraction of sp³-hybridized carbons (Fsp3) is 1.00. The van der Waals surface area contributed by atoms with Gasteiger partial charge in [-0.15, -0.1) is 0 Å². The van der Waals surface area contributed by atoms with E-state index in [0.29, 0.717) is 6.04 Å². The lowest BCUT2D eigenvalue weighted by molar-refractivity contribution is 0.0805. The summed E-state index contributed by atoms with van der Waals surface area (Å²) in [5.74, 6) is 0. The monoisotopic (exact) mass is 239 g/mol. The zero-order valence-corrected chi connectivity index (χ0v) is 11.8. The van der Waals surface area contributed by atoms with Gasteiger partial charge in [-0.25, -0.2) is 0 Å². The van der Waals surface area contributed by atoms with Crippen LogP contribution in [-0.4, -0.2) is 61.7 Å². The van der Waals surface area contributed by atoms with Crippen molar-refractivity contribution in [2.75, 3.05) is 33.7 Å². The molecule has 0 radical (unpaired) electrons. The summed E-state index contributed by atoms with van der Waals surface area (Å²) in [5, 5.41) is 3.62. The van der Waals surface area contributed by atoms with Gasteiger partial charge in [0.1, 0.15) is 0 Å². The van der Waals surface area contributed by atoms with Crippen LogP contribution < -0.4 is 5.32 Å². The summed E-state index contributed by atoms with van der Waals surface area (Å²) in [5.41, 5.74) is 0.